The molecule has 0 aliphatic carbocycles. The largest absolute Gasteiger partial charge is 0.326 e. The molecule has 0 aliphatic heterocycles. The lowest BCUT2D eigenvalue weighted by atomic mass is 10.1. The topological polar surface area (TPSA) is 28.7 Å². The number of aromatic nitrogens is 1. The van der Waals surface area contributed by atoms with E-state index in [2.05, 4.69) is 43.3 Å². The van der Waals surface area contributed by atoms with Crippen LogP contribution in [0, 0.1) is 11.3 Å². The molecule has 3 heteroatoms. The van der Waals surface area contributed by atoms with Crippen LogP contribution in [-0.4, -0.2) is 4.57 Å². The van der Waals surface area contributed by atoms with Crippen molar-refractivity contribution in [1.82, 2.24) is 4.57 Å². The summed E-state index contributed by atoms with van der Waals surface area (Å²) in [6.07, 6.45) is 0.947. The molecule has 3 aromatic rings. The maximum atomic E-state index is 9.41. The van der Waals surface area contributed by atoms with Crippen molar-refractivity contribution in [3.8, 4) is 6.07 Å². The number of nitrogens with zero attached hydrogens (tertiary/aromatic N) is 2. The van der Waals surface area contributed by atoms with Crippen LogP contribution in [-0.2, 0) is 13.0 Å². The maximum absolute atomic E-state index is 9.41. The van der Waals surface area contributed by atoms with Crippen LogP contribution in [0.2, 0.25) is 5.15 Å². The highest BCUT2D eigenvalue weighted by Gasteiger charge is 2.15. The number of hydrogen-bond acceptors (Lipinski definition) is 1. The second kappa shape index (κ2) is 5.63. The lowest BCUT2D eigenvalue weighted by molar-refractivity contribution is 0.836. The molecule has 2 aromatic carbocycles. The Bertz CT molecular complexity index is 826. The summed E-state index contributed by atoms with van der Waals surface area (Å²) in [5.41, 5.74) is 3.96. The summed E-state index contributed by atoms with van der Waals surface area (Å²) < 4.78 is 2.00. The first kappa shape index (κ1) is 13.7. The molecule has 1 aromatic heterocycles. The van der Waals surface area contributed by atoms with Gasteiger partial charge in [0.25, 0.3) is 0 Å². The third kappa shape index (κ3) is 2.41. The van der Waals surface area contributed by atoms with Gasteiger partial charge in [0.2, 0.25) is 0 Å². The number of rotatable bonds is 3. The minimum Gasteiger partial charge on any atom is -0.326 e. The molecule has 2 nitrogen and oxygen atoms in total. The Labute approximate surface area is 129 Å². The van der Waals surface area contributed by atoms with Crippen molar-refractivity contribution in [2.75, 3.05) is 0 Å². The maximum Gasteiger partial charge on any atom is 0.128 e. The van der Waals surface area contributed by atoms with E-state index in [9.17, 15) is 5.26 Å². The molecule has 0 saturated carbocycles. The van der Waals surface area contributed by atoms with Crippen molar-refractivity contribution in [2.24, 2.45) is 0 Å². The molecule has 0 fully saturated rings. The summed E-state index contributed by atoms with van der Waals surface area (Å²) in [4.78, 5) is 0. The van der Waals surface area contributed by atoms with Gasteiger partial charge in [-0.1, -0.05) is 54.9 Å². The number of halogens is 1. The summed E-state index contributed by atoms with van der Waals surface area (Å²) >= 11 is 6.44. The Kier molecular flexibility index (Phi) is 3.68. The average molecular weight is 295 g/mol. The third-order valence-electron chi connectivity index (χ3n) is 3.77. The van der Waals surface area contributed by atoms with Gasteiger partial charge >= 0.3 is 0 Å². The van der Waals surface area contributed by atoms with E-state index in [0.717, 1.165) is 17.3 Å². The normalized spacial score (nSPS) is 10.7. The van der Waals surface area contributed by atoms with E-state index < -0.39 is 0 Å². The van der Waals surface area contributed by atoms with E-state index in [-0.39, 0.29) is 0 Å². The van der Waals surface area contributed by atoms with Gasteiger partial charge in [-0.25, -0.2) is 0 Å². The standard InChI is InChI=1S/C18H15ClN2/c1-2-13-8-9-17-15(10-13)16(11-20)18(19)21(17)12-14-6-4-3-5-7-14/h3-10H,2,12H2,1H3. The molecule has 0 unspecified atom stereocenters. The molecule has 0 bridgehead atoms. The van der Waals surface area contributed by atoms with E-state index in [4.69, 9.17) is 11.6 Å². The number of nitriles is 1. The predicted molar refractivity (Wildman–Crippen MR) is 86.6 cm³/mol. The highest BCUT2D eigenvalue weighted by molar-refractivity contribution is 6.32. The molecule has 0 amide bonds. The summed E-state index contributed by atoms with van der Waals surface area (Å²) in [7, 11) is 0. The monoisotopic (exact) mass is 294 g/mol. The van der Waals surface area contributed by atoms with Gasteiger partial charge in [0, 0.05) is 11.9 Å². The summed E-state index contributed by atoms with van der Waals surface area (Å²) in [6.45, 7) is 2.78. The van der Waals surface area contributed by atoms with Crippen LogP contribution >= 0.6 is 11.6 Å². The first-order valence-corrected chi connectivity index (χ1v) is 7.37. The number of hydrogen-bond donors (Lipinski definition) is 0. The molecule has 0 spiro atoms. The zero-order chi connectivity index (χ0) is 14.8. The fraction of sp³-hybridized carbons (Fsp3) is 0.167. The Balaban J connectivity index is 2.19. The Morgan fingerprint density at radius 1 is 1.10 bits per heavy atom. The summed E-state index contributed by atoms with van der Waals surface area (Å²) in [5, 5.41) is 10.9. The molecule has 1 heterocycles. The van der Waals surface area contributed by atoms with Crippen molar-refractivity contribution in [3.05, 3.63) is 70.4 Å². The highest BCUT2D eigenvalue weighted by atomic mass is 35.5. The van der Waals surface area contributed by atoms with Crippen molar-refractivity contribution in [1.29, 1.82) is 5.26 Å². The Hall–Kier alpha value is -2.24. The zero-order valence-corrected chi connectivity index (χ0v) is 12.6. The zero-order valence-electron chi connectivity index (χ0n) is 11.8. The minimum atomic E-state index is 0.518. The van der Waals surface area contributed by atoms with Gasteiger partial charge in [0.1, 0.15) is 11.2 Å². The number of fused-ring (bicyclic) bond motifs is 1. The first-order valence-electron chi connectivity index (χ1n) is 6.99. The fourth-order valence-electron chi connectivity index (χ4n) is 2.62. The second-order valence-electron chi connectivity index (χ2n) is 5.05. The Morgan fingerprint density at radius 3 is 2.52 bits per heavy atom. The molecule has 0 atom stereocenters. The predicted octanol–water partition coefficient (Wildman–Crippen LogP) is 4.78. The Morgan fingerprint density at radius 2 is 1.86 bits per heavy atom. The average Bonchev–Trinajstić information content (AvgIpc) is 2.79. The lowest BCUT2D eigenvalue weighted by Crippen LogP contribution is -1.99. The van der Waals surface area contributed by atoms with Gasteiger partial charge in [0.15, 0.2) is 0 Å². The van der Waals surface area contributed by atoms with Crippen LogP contribution in [0.25, 0.3) is 10.9 Å². The number of benzene rings is 2. The van der Waals surface area contributed by atoms with E-state index in [0.29, 0.717) is 17.3 Å². The lowest BCUT2D eigenvalue weighted by Gasteiger charge is -2.07. The molecule has 0 saturated heterocycles. The van der Waals surface area contributed by atoms with Crippen LogP contribution in [0.15, 0.2) is 48.5 Å². The van der Waals surface area contributed by atoms with Crippen molar-refractivity contribution in [3.63, 3.8) is 0 Å². The van der Waals surface area contributed by atoms with E-state index in [1.165, 1.54) is 11.1 Å². The summed E-state index contributed by atoms with van der Waals surface area (Å²) in [6, 6.07) is 18.6. The van der Waals surface area contributed by atoms with Gasteiger partial charge in [-0.05, 0) is 29.7 Å². The smallest absolute Gasteiger partial charge is 0.128 e. The van der Waals surface area contributed by atoms with E-state index in [1.54, 1.807) is 0 Å². The van der Waals surface area contributed by atoms with Crippen LogP contribution in [0.1, 0.15) is 23.6 Å². The van der Waals surface area contributed by atoms with Gasteiger partial charge in [0.05, 0.1) is 11.1 Å². The van der Waals surface area contributed by atoms with E-state index >= 15 is 0 Å². The molecular formula is C18H15ClN2. The molecule has 104 valence electrons. The molecule has 0 radical (unpaired) electrons. The molecular weight excluding hydrogens is 280 g/mol. The second-order valence-corrected chi connectivity index (χ2v) is 5.41. The highest BCUT2D eigenvalue weighted by Crippen LogP contribution is 2.31. The summed E-state index contributed by atoms with van der Waals surface area (Å²) in [5.74, 6) is 0. The van der Waals surface area contributed by atoms with Crippen LogP contribution in [0.5, 0.6) is 0 Å². The quantitative estimate of drug-likeness (QED) is 0.683. The fourth-order valence-corrected chi connectivity index (χ4v) is 2.91. The van der Waals surface area contributed by atoms with Crippen LogP contribution in [0.3, 0.4) is 0 Å². The van der Waals surface area contributed by atoms with Crippen LogP contribution < -0.4 is 0 Å². The van der Waals surface area contributed by atoms with Crippen molar-refractivity contribution < 1.29 is 0 Å². The molecule has 0 aliphatic rings. The third-order valence-corrected chi connectivity index (χ3v) is 4.16. The van der Waals surface area contributed by atoms with Crippen molar-refractivity contribution >= 4 is 22.5 Å². The first-order chi connectivity index (χ1) is 10.2. The molecule has 3 rings (SSSR count). The minimum absolute atomic E-state index is 0.518. The SMILES string of the molecule is CCc1ccc2c(c1)c(C#N)c(Cl)n2Cc1ccccc1. The molecule has 21 heavy (non-hydrogen) atoms. The van der Waals surface area contributed by atoms with Gasteiger partial charge in [-0.2, -0.15) is 5.26 Å². The van der Waals surface area contributed by atoms with E-state index in [1.807, 2.05) is 22.8 Å². The van der Waals surface area contributed by atoms with Crippen LogP contribution in [0.4, 0.5) is 0 Å². The molecule has 0 N–H and O–H groups in total. The van der Waals surface area contributed by atoms with Gasteiger partial charge in [-0.3, -0.25) is 0 Å². The number of aryl methyl sites for hydroxylation is 1. The van der Waals surface area contributed by atoms with Gasteiger partial charge in [-0.15, -0.1) is 0 Å². The van der Waals surface area contributed by atoms with Crippen molar-refractivity contribution in [2.45, 2.75) is 19.9 Å². The van der Waals surface area contributed by atoms with Gasteiger partial charge < -0.3 is 4.57 Å².